The number of ether oxygens (including phenoxy) is 2. The second-order valence-electron chi connectivity index (χ2n) is 6.49. The molecule has 0 spiro atoms. The molecule has 7 heteroatoms. The van der Waals surface area contributed by atoms with Gasteiger partial charge in [-0.3, -0.25) is 9.59 Å². The highest BCUT2D eigenvalue weighted by molar-refractivity contribution is 6.11. The molecule has 2 aliphatic rings. The van der Waals surface area contributed by atoms with Crippen LogP contribution < -0.4 is 19.7 Å². The number of nitrogens with zero attached hydrogens (tertiary/aromatic N) is 2. The first-order valence-electron chi connectivity index (χ1n) is 8.90. The first-order valence-corrected chi connectivity index (χ1v) is 8.90. The molecule has 2 aromatic rings. The average molecular weight is 367 g/mol. The molecule has 0 bridgehead atoms. The second kappa shape index (κ2) is 7.19. The summed E-state index contributed by atoms with van der Waals surface area (Å²) in [6, 6.07) is 15.0. The quantitative estimate of drug-likeness (QED) is 0.837. The predicted octanol–water partition coefficient (Wildman–Crippen LogP) is 1.74. The lowest BCUT2D eigenvalue weighted by atomic mass is 10.1. The van der Waals surface area contributed by atoms with Gasteiger partial charge in [-0.2, -0.15) is 0 Å². The number of hydrogen-bond donors (Lipinski definition) is 1. The molecule has 2 amide bonds. The average Bonchev–Trinajstić information content (AvgIpc) is 2.73. The maximum absolute atomic E-state index is 12.8. The van der Waals surface area contributed by atoms with E-state index < -0.39 is 12.0 Å². The molecule has 1 saturated heterocycles. The van der Waals surface area contributed by atoms with Gasteiger partial charge in [0.1, 0.15) is 11.5 Å². The summed E-state index contributed by atoms with van der Waals surface area (Å²) in [5, 5.41) is 2.74. The van der Waals surface area contributed by atoms with Crippen molar-refractivity contribution in [3.8, 4) is 11.5 Å². The summed E-state index contributed by atoms with van der Waals surface area (Å²) in [5.41, 5.74) is 1.68. The zero-order valence-corrected chi connectivity index (χ0v) is 15.1. The van der Waals surface area contributed by atoms with Gasteiger partial charge >= 0.3 is 0 Å². The molecule has 1 atom stereocenters. The molecular weight excluding hydrogens is 346 g/mol. The minimum atomic E-state index is -1.13. The standard InChI is InChI=1S/C20H21N3O4/c1-26-15-8-6-14(7-9-15)22-10-12-23(13-11-22)20(25)18-19(24)21-16-4-2-3-5-17(16)27-18/h2-9,18H,10-13H2,1H3,(H,21,24)/t18-/m0/s1. The van der Waals surface area contributed by atoms with E-state index in [2.05, 4.69) is 10.2 Å². The van der Waals surface area contributed by atoms with Crippen LogP contribution in [0.3, 0.4) is 0 Å². The van der Waals surface area contributed by atoms with Crippen LogP contribution in [0, 0.1) is 0 Å². The molecule has 2 aliphatic heterocycles. The molecule has 1 N–H and O–H groups in total. The van der Waals surface area contributed by atoms with Crippen molar-refractivity contribution < 1.29 is 19.1 Å². The Labute approximate surface area is 157 Å². The Morgan fingerprint density at radius 3 is 2.48 bits per heavy atom. The molecule has 0 unspecified atom stereocenters. The van der Waals surface area contributed by atoms with E-state index in [1.54, 1.807) is 24.1 Å². The molecule has 0 radical (unpaired) electrons. The van der Waals surface area contributed by atoms with E-state index >= 15 is 0 Å². The molecule has 0 aromatic heterocycles. The van der Waals surface area contributed by atoms with Gasteiger partial charge in [0.15, 0.2) is 0 Å². The smallest absolute Gasteiger partial charge is 0.275 e. The summed E-state index contributed by atoms with van der Waals surface area (Å²) in [6.45, 7) is 2.48. The molecule has 4 rings (SSSR count). The number of hydrogen-bond acceptors (Lipinski definition) is 5. The first-order chi connectivity index (χ1) is 13.2. The first kappa shape index (κ1) is 17.2. The van der Waals surface area contributed by atoms with Gasteiger partial charge in [-0.1, -0.05) is 12.1 Å². The van der Waals surface area contributed by atoms with E-state index in [4.69, 9.17) is 9.47 Å². The molecule has 2 heterocycles. The maximum atomic E-state index is 12.8. The van der Waals surface area contributed by atoms with E-state index in [-0.39, 0.29) is 5.91 Å². The zero-order valence-electron chi connectivity index (χ0n) is 15.1. The number of para-hydroxylation sites is 2. The number of carbonyl (C=O) groups excluding carboxylic acids is 2. The van der Waals surface area contributed by atoms with Crippen molar-refractivity contribution in [1.29, 1.82) is 0 Å². The topological polar surface area (TPSA) is 71.1 Å². The van der Waals surface area contributed by atoms with Crippen LogP contribution in [-0.2, 0) is 9.59 Å². The fraction of sp³-hybridized carbons (Fsp3) is 0.300. The van der Waals surface area contributed by atoms with Crippen molar-refractivity contribution >= 4 is 23.2 Å². The summed E-state index contributed by atoms with van der Waals surface area (Å²) in [5.74, 6) is 0.619. The van der Waals surface area contributed by atoms with E-state index in [1.807, 2.05) is 36.4 Å². The van der Waals surface area contributed by atoms with Gasteiger partial charge in [0.25, 0.3) is 17.9 Å². The lowest BCUT2D eigenvalue weighted by Crippen LogP contribution is -2.55. The van der Waals surface area contributed by atoms with Crippen molar-refractivity contribution in [2.45, 2.75) is 6.10 Å². The van der Waals surface area contributed by atoms with Crippen molar-refractivity contribution in [2.75, 3.05) is 43.5 Å². The van der Waals surface area contributed by atoms with Crippen LogP contribution in [0.2, 0.25) is 0 Å². The van der Waals surface area contributed by atoms with Crippen molar-refractivity contribution in [3.05, 3.63) is 48.5 Å². The van der Waals surface area contributed by atoms with Gasteiger partial charge in [-0.25, -0.2) is 0 Å². The highest BCUT2D eigenvalue weighted by atomic mass is 16.5. The van der Waals surface area contributed by atoms with E-state index in [0.29, 0.717) is 37.6 Å². The Hall–Kier alpha value is -3.22. The number of methoxy groups -OCH3 is 1. The largest absolute Gasteiger partial charge is 0.497 e. The molecule has 2 aromatic carbocycles. The summed E-state index contributed by atoms with van der Waals surface area (Å²) >= 11 is 0. The Kier molecular flexibility index (Phi) is 4.58. The van der Waals surface area contributed by atoms with Crippen molar-refractivity contribution in [3.63, 3.8) is 0 Å². The summed E-state index contributed by atoms with van der Waals surface area (Å²) in [4.78, 5) is 29.0. The molecule has 1 fully saturated rings. The molecule has 140 valence electrons. The third-order valence-electron chi connectivity index (χ3n) is 4.88. The Balaban J connectivity index is 1.39. The van der Waals surface area contributed by atoms with Crippen LogP contribution in [0.5, 0.6) is 11.5 Å². The number of rotatable bonds is 3. The Morgan fingerprint density at radius 1 is 1.07 bits per heavy atom. The molecule has 0 saturated carbocycles. The van der Waals surface area contributed by atoms with Crippen LogP contribution in [0.15, 0.2) is 48.5 Å². The molecule has 0 aliphatic carbocycles. The van der Waals surface area contributed by atoms with Gasteiger partial charge in [0, 0.05) is 31.9 Å². The van der Waals surface area contributed by atoms with E-state index in [9.17, 15) is 9.59 Å². The lowest BCUT2D eigenvalue weighted by Gasteiger charge is -2.38. The number of benzene rings is 2. The van der Waals surface area contributed by atoms with E-state index in [0.717, 1.165) is 11.4 Å². The molecule has 7 nitrogen and oxygen atoms in total. The number of amides is 2. The van der Waals surface area contributed by atoms with Gasteiger partial charge in [0.2, 0.25) is 0 Å². The highest BCUT2D eigenvalue weighted by Crippen LogP contribution is 2.29. The number of anilines is 2. The third-order valence-corrected chi connectivity index (χ3v) is 4.88. The Bertz CT molecular complexity index is 845. The van der Waals surface area contributed by atoms with Gasteiger partial charge < -0.3 is 24.6 Å². The van der Waals surface area contributed by atoms with Crippen LogP contribution in [0.25, 0.3) is 0 Å². The predicted molar refractivity (Wildman–Crippen MR) is 101 cm³/mol. The fourth-order valence-corrected chi connectivity index (χ4v) is 3.36. The van der Waals surface area contributed by atoms with E-state index in [1.165, 1.54) is 0 Å². The van der Waals surface area contributed by atoms with Crippen molar-refractivity contribution in [2.24, 2.45) is 0 Å². The van der Waals surface area contributed by atoms with Crippen LogP contribution in [0.1, 0.15) is 0 Å². The number of piperazine rings is 1. The fourth-order valence-electron chi connectivity index (χ4n) is 3.36. The van der Waals surface area contributed by atoms with Crippen LogP contribution in [0.4, 0.5) is 11.4 Å². The minimum absolute atomic E-state index is 0.295. The Morgan fingerprint density at radius 2 is 1.78 bits per heavy atom. The highest BCUT2D eigenvalue weighted by Gasteiger charge is 2.37. The van der Waals surface area contributed by atoms with Gasteiger partial charge in [0.05, 0.1) is 12.8 Å². The number of carbonyl (C=O) groups is 2. The number of fused-ring (bicyclic) bond motifs is 1. The summed E-state index contributed by atoms with van der Waals surface area (Å²) in [6.07, 6.45) is -1.13. The minimum Gasteiger partial charge on any atom is -0.497 e. The summed E-state index contributed by atoms with van der Waals surface area (Å²) < 4.78 is 10.8. The normalized spacial score (nSPS) is 19.0. The summed E-state index contributed by atoms with van der Waals surface area (Å²) in [7, 11) is 1.64. The SMILES string of the molecule is COc1ccc(N2CCN(C(=O)[C@H]3Oc4ccccc4NC3=O)CC2)cc1. The lowest BCUT2D eigenvalue weighted by molar-refractivity contribution is -0.145. The monoisotopic (exact) mass is 367 g/mol. The van der Waals surface area contributed by atoms with Gasteiger partial charge in [-0.05, 0) is 36.4 Å². The maximum Gasteiger partial charge on any atom is 0.275 e. The molecule has 27 heavy (non-hydrogen) atoms. The third kappa shape index (κ3) is 3.40. The van der Waals surface area contributed by atoms with Crippen molar-refractivity contribution in [1.82, 2.24) is 4.90 Å². The van der Waals surface area contributed by atoms with Gasteiger partial charge in [-0.15, -0.1) is 0 Å². The van der Waals surface area contributed by atoms with Crippen LogP contribution in [-0.4, -0.2) is 56.1 Å². The zero-order chi connectivity index (χ0) is 18.8. The molecular formula is C20H21N3O4. The number of nitrogens with one attached hydrogen (secondary N) is 1. The second-order valence-corrected chi connectivity index (χ2v) is 6.49. The van der Waals surface area contributed by atoms with Crippen LogP contribution >= 0.6 is 0 Å².